The molecule has 1 N–H and O–H groups in total. The number of carbonyl (C=O) groups is 1. The molecule has 1 saturated carbocycles. The number of nitrogens with zero attached hydrogens (tertiary/aromatic N) is 1. The number of hydrogen-bond donors (Lipinski definition) is 1. The fraction of sp³-hybridized carbons (Fsp3) is 0.938. The molecule has 1 aliphatic carbocycles. The van der Waals surface area contributed by atoms with Crippen LogP contribution in [0.3, 0.4) is 0 Å². The molecule has 1 fully saturated rings. The van der Waals surface area contributed by atoms with Crippen molar-refractivity contribution in [2.45, 2.75) is 78.3 Å². The van der Waals surface area contributed by atoms with Crippen LogP contribution in [0, 0.1) is 11.3 Å². The SMILES string of the molecule is CCC(C)(C)C1CCC(N(C)C(C)(C)C(=O)O)CC1. The molecule has 112 valence electrons. The molecule has 3 nitrogen and oxygen atoms in total. The number of carboxylic acid groups (broad SMARTS) is 1. The molecule has 0 spiro atoms. The van der Waals surface area contributed by atoms with Crippen LogP contribution < -0.4 is 0 Å². The average Bonchev–Trinajstić information content (AvgIpc) is 2.37. The summed E-state index contributed by atoms with van der Waals surface area (Å²) in [6, 6.07) is 0.412. The molecule has 0 aliphatic heterocycles. The lowest BCUT2D eigenvalue weighted by molar-refractivity contribution is -0.150. The third kappa shape index (κ3) is 3.50. The minimum absolute atomic E-state index is 0.412. The minimum atomic E-state index is -0.766. The molecule has 1 aliphatic rings. The summed E-state index contributed by atoms with van der Waals surface area (Å²) in [4.78, 5) is 13.4. The Morgan fingerprint density at radius 2 is 1.63 bits per heavy atom. The first kappa shape index (κ1) is 16.5. The Bertz CT molecular complexity index is 315. The van der Waals surface area contributed by atoms with E-state index in [1.807, 2.05) is 7.05 Å². The van der Waals surface area contributed by atoms with Gasteiger partial charge in [0.25, 0.3) is 0 Å². The highest BCUT2D eigenvalue weighted by Gasteiger charge is 2.39. The summed E-state index contributed by atoms with van der Waals surface area (Å²) in [6.45, 7) is 10.6. The number of likely N-dealkylation sites (N-methyl/N-ethyl adjacent to an activating group) is 1. The smallest absolute Gasteiger partial charge is 0.323 e. The van der Waals surface area contributed by atoms with Gasteiger partial charge in [-0.05, 0) is 57.9 Å². The first-order valence-electron chi connectivity index (χ1n) is 7.59. The van der Waals surface area contributed by atoms with Crippen molar-refractivity contribution in [2.75, 3.05) is 7.05 Å². The quantitative estimate of drug-likeness (QED) is 0.825. The fourth-order valence-corrected chi connectivity index (χ4v) is 3.14. The number of carboxylic acids is 1. The lowest BCUT2D eigenvalue weighted by Crippen LogP contribution is -2.53. The topological polar surface area (TPSA) is 40.5 Å². The Balaban J connectivity index is 2.62. The van der Waals surface area contributed by atoms with Crippen LogP contribution in [0.25, 0.3) is 0 Å². The molecule has 0 heterocycles. The molecule has 0 saturated heterocycles. The van der Waals surface area contributed by atoms with Crippen LogP contribution in [-0.4, -0.2) is 34.6 Å². The van der Waals surface area contributed by atoms with Crippen molar-refractivity contribution in [3.8, 4) is 0 Å². The van der Waals surface area contributed by atoms with Gasteiger partial charge in [0.05, 0.1) is 0 Å². The van der Waals surface area contributed by atoms with E-state index in [0.717, 1.165) is 18.8 Å². The second kappa shape index (κ2) is 5.82. The Labute approximate surface area is 118 Å². The van der Waals surface area contributed by atoms with E-state index in [1.54, 1.807) is 13.8 Å². The van der Waals surface area contributed by atoms with Gasteiger partial charge in [-0.3, -0.25) is 9.69 Å². The van der Waals surface area contributed by atoms with Crippen molar-refractivity contribution < 1.29 is 9.90 Å². The highest BCUT2D eigenvalue weighted by Crippen LogP contribution is 2.41. The number of rotatable bonds is 5. The van der Waals surface area contributed by atoms with Crippen LogP contribution in [-0.2, 0) is 4.79 Å². The van der Waals surface area contributed by atoms with E-state index in [0.29, 0.717) is 11.5 Å². The zero-order valence-corrected chi connectivity index (χ0v) is 13.5. The van der Waals surface area contributed by atoms with E-state index in [9.17, 15) is 9.90 Å². The van der Waals surface area contributed by atoms with Crippen LogP contribution in [0.15, 0.2) is 0 Å². The molecule has 0 amide bonds. The third-order valence-corrected chi connectivity index (χ3v) is 5.67. The third-order valence-electron chi connectivity index (χ3n) is 5.67. The van der Waals surface area contributed by atoms with Gasteiger partial charge in [-0.15, -0.1) is 0 Å². The highest BCUT2D eigenvalue weighted by molar-refractivity contribution is 5.77. The second-order valence-electron chi connectivity index (χ2n) is 7.32. The molecule has 19 heavy (non-hydrogen) atoms. The number of hydrogen-bond acceptors (Lipinski definition) is 2. The van der Waals surface area contributed by atoms with Crippen molar-refractivity contribution in [3.05, 3.63) is 0 Å². The summed E-state index contributed by atoms with van der Waals surface area (Å²) >= 11 is 0. The van der Waals surface area contributed by atoms with E-state index < -0.39 is 11.5 Å². The maximum atomic E-state index is 11.3. The van der Waals surface area contributed by atoms with E-state index in [1.165, 1.54) is 19.3 Å². The van der Waals surface area contributed by atoms with Gasteiger partial charge in [0.2, 0.25) is 0 Å². The predicted molar refractivity (Wildman–Crippen MR) is 79.3 cm³/mol. The van der Waals surface area contributed by atoms with Crippen molar-refractivity contribution in [1.29, 1.82) is 0 Å². The van der Waals surface area contributed by atoms with E-state index in [4.69, 9.17) is 0 Å². The maximum Gasteiger partial charge on any atom is 0.323 e. The molecule has 0 bridgehead atoms. The normalized spacial score (nSPS) is 25.6. The molecule has 0 aromatic carbocycles. The Hall–Kier alpha value is -0.570. The van der Waals surface area contributed by atoms with Gasteiger partial charge < -0.3 is 5.11 Å². The van der Waals surface area contributed by atoms with Crippen LogP contribution in [0.5, 0.6) is 0 Å². The largest absolute Gasteiger partial charge is 0.480 e. The average molecular weight is 269 g/mol. The van der Waals surface area contributed by atoms with Crippen LogP contribution in [0.1, 0.15) is 66.7 Å². The molecular formula is C16H31NO2. The van der Waals surface area contributed by atoms with Crippen LogP contribution >= 0.6 is 0 Å². The lowest BCUT2D eigenvalue weighted by Gasteiger charge is -2.44. The molecule has 0 aromatic heterocycles. The molecule has 0 atom stereocenters. The van der Waals surface area contributed by atoms with Crippen LogP contribution in [0.2, 0.25) is 0 Å². The molecule has 0 aromatic rings. The molecular weight excluding hydrogens is 238 g/mol. The standard InChI is InChI=1S/C16H31NO2/c1-7-15(2,3)12-8-10-13(11-9-12)17(6)16(4,5)14(18)19/h12-13H,7-11H2,1-6H3,(H,18,19). The molecule has 3 heteroatoms. The van der Waals surface area contributed by atoms with E-state index >= 15 is 0 Å². The summed E-state index contributed by atoms with van der Waals surface area (Å²) in [5, 5.41) is 9.32. The Morgan fingerprint density at radius 1 is 1.16 bits per heavy atom. The first-order valence-corrected chi connectivity index (χ1v) is 7.59. The summed E-state index contributed by atoms with van der Waals surface area (Å²) < 4.78 is 0. The zero-order valence-electron chi connectivity index (χ0n) is 13.5. The molecule has 1 rings (SSSR count). The minimum Gasteiger partial charge on any atom is -0.480 e. The highest BCUT2D eigenvalue weighted by atomic mass is 16.4. The summed E-state index contributed by atoms with van der Waals surface area (Å²) in [6.07, 6.45) is 5.93. The van der Waals surface area contributed by atoms with Gasteiger partial charge in [0, 0.05) is 6.04 Å². The van der Waals surface area contributed by atoms with Gasteiger partial charge >= 0.3 is 5.97 Å². The second-order valence-corrected chi connectivity index (χ2v) is 7.32. The molecule has 0 unspecified atom stereocenters. The van der Waals surface area contributed by atoms with Crippen molar-refractivity contribution in [1.82, 2.24) is 4.90 Å². The van der Waals surface area contributed by atoms with Crippen molar-refractivity contribution in [2.24, 2.45) is 11.3 Å². The van der Waals surface area contributed by atoms with Gasteiger partial charge in [-0.1, -0.05) is 27.2 Å². The van der Waals surface area contributed by atoms with Gasteiger partial charge in [-0.25, -0.2) is 0 Å². The van der Waals surface area contributed by atoms with Gasteiger partial charge in [-0.2, -0.15) is 0 Å². The monoisotopic (exact) mass is 269 g/mol. The van der Waals surface area contributed by atoms with Crippen LogP contribution in [0.4, 0.5) is 0 Å². The summed E-state index contributed by atoms with van der Waals surface area (Å²) in [7, 11) is 1.96. The van der Waals surface area contributed by atoms with Crippen molar-refractivity contribution >= 4 is 5.97 Å². The van der Waals surface area contributed by atoms with E-state index in [2.05, 4.69) is 25.7 Å². The fourth-order valence-electron chi connectivity index (χ4n) is 3.14. The van der Waals surface area contributed by atoms with Gasteiger partial charge in [0.1, 0.15) is 5.54 Å². The Morgan fingerprint density at radius 3 is 2.00 bits per heavy atom. The van der Waals surface area contributed by atoms with E-state index in [-0.39, 0.29) is 0 Å². The predicted octanol–water partition coefficient (Wildman–Crippen LogP) is 3.78. The molecule has 0 radical (unpaired) electrons. The first-order chi connectivity index (χ1) is 8.63. The summed E-state index contributed by atoms with van der Waals surface area (Å²) in [5.41, 5.74) is -0.344. The Kier molecular flexibility index (Phi) is 5.05. The van der Waals surface area contributed by atoms with Gasteiger partial charge in [0.15, 0.2) is 0 Å². The zero-order chi connectivity index (χ0) is 14.8. The number of aliphatic carboxylic acids is 1. The lowest BCUT2D eigenvalue weighted by atomic mass is 9.68. The summed E-state index contributed by atoms with van der Waals surface area (Å²) in [5.74, 6) is 0.0566. The van der Waals surface area contributed by atoms with Crippen molar-refractivity contribution in [3.63, 3.8) is 0 Å². The maximum absolute atomic E-state index is 11.3.